The van der Waals surface area contributed by atoms with Gasteiger partial charge in [-0.15, -0.1) is 0 Å². The molecular weight excluding hydrogens is 330 g/mol. The molecule has 1 rings (SSSR count). The fourth-order valence-corrected chi connectivity index (χ4v) is 1.39. The standard InChI is InChI=1S/C4H6I2N2/c1-7-2-3-8(6)4(7)5/h2-4H,1H3. The fraction of sp³-hybridized carbons (Fsp3) is 0.500. The zero-order valence-corrected chi connectivity index (χ0v) is 8.70. The molecule has 8 heavy (non-hydrogen) atoms. The minimum Gasteiger partial charge on any atom is -0.350 e. The summed E-state index contributed by atoms with van der Waals surface area (Å²) >= 11 is 4.64. The minimum atomic E-state index is 0.494. The number of rotatable bonds is 0. The number of hydrogen-bond donors (Lipinski definition) is 0. The molecule has 46 valence electrons. The third-order valence-corrected chi connectivity index (χ3v) is 4.38. The van der Waals surface area contributed by atoms with Crippen molar-refractivity contribution in [2.45, 2.75) is 4.17 Å². The largest absolute Gasteiger partial charge is 0.350 e. The lowest BCUT2D eigenvalue weighted by molar-refractivity contribution is 0.402. The van der Waals surface area contributed by atoms with Gasteiger partial charge in [-0.2, -0.15) is 0 Å². The molecule has 0 aromatic rings. The van der Waals surface area contributed by atoms with E-state index in [-0.39, 0.29) is 0 Å². The molecule has 1 aliphatic heterocycles. The Balaban J connectivity index is 2.55. The van der Waals surface area contributed by atoms with Gasteiger partial charge >= 0.3 is 0 Å². The van der Waals surface area contributed by atoms with Crippen LogP contribution in [0.25, 0.3) is 0 Å². The highest BCUT2D eigenvalue weighted by Crippen LogP contribution is 2.22. The molecule has 0 aromatic heterocycles. The van der Waals surface area contributed by atoms with Crippen LogP contribution in [0.4, 0.5) is 0 Å². The van der Waals surface area contributed by atoms with Crippen molar-refractivity contribution >= 4 is 45.5 Å². The molecule has 0 aromatic carbocycles. The van der Waals surface area contributed by atoms with E-state index in [1.807, 2.05) is 0 Å². The molecule has 1 heterocycles. The molecule has 1 aliphatic rings. The summed E-state index contributed by atoms with van der Waals surface area (Å²) in [6.07, 6.45) is 4.11. The predicted octanol–water partition coefficient (Wildman–Crippen LogP) is 1.77. The third-order valence-electron chi connectivity index (χ3n) is 0.984. The van der Waals surface area contributed by atoms with E-state index in [1.165, 1.54) is 0 Å². The van der Waals surface area contributed by atoms with Crippen molar-refractivity contribution in [1.82, 2.24) is 8.01 Å². The van der Waals surface area contributed by atoms with Crippen LogP contribution in [0.15, 0.2) is 12.4 Å². The molecular formula is C4H6I2N2. The van der Waals surface area contributed by atoms with Gasteiger partial charge in [0.1, 0.15) is 0 Å². The maximum atomic E-state index is 2.37. The van der Waals surface area contributed by atoms with Gasteiger partial charge in [0.05, 0.1) is 22.9 Å². The zero-order valence-electron chi connectivity index (χ0n) is 4.38. The van der Waals surface area contributed by atoms with Gasteiger partial charge in [0.2, 0.25) is 0 Å². The first-order valence-corrected chi connectivity index (χ1v) is 4.41. The van der Waals surface area contributed by atoms with E-state index in [9.17, 15) is 0 Å². The molecule has 0 fully saturated rings. The van der Waals surface area contributed by atoms with Crippen molar-refractivity contribution in [2.75, 3.05) is 7.05 Å². The maximum Gasteiger partial charge on any atom is 0.162 e. The van der Waals surface area contributed by atoms with Crippen LogP contribution in [-0.4, -0.2) is 19.2 Å². The minimum absolute atomic E-state index is 0.494. The highest BCUT2D eigenvalue weighted by atomic mass is 127. The number of nitrogens with zero attached hydrogens (tertiary/aromatic N) is 2. The van der Waals surface area contributed by atoms with E-state index in [2.05, 4.69) is 72.9 Å². The highest BCUT2D eigenvalue weighted by Gasteiger charge is 2.16. The summed E-state index contributed by atoms with van der Waals surface area (Å²) in [5.41, 5.74) is 0. The molecule has 0 bridgehead atoms. The topological polar surface area (TPSA) is 6.48 Å². The summed E-state index contributed by atoms with van der Waals surface area (Å²) in [6, 6.07) is 0. The fourth-order valence-electron chi connectivity index (χ4n) is 0.485. The SMILES string of the molecule is CN1C=CN(I)C1I. The second-order valence-corrected chi connectivity index (χ2v) is 3.85. The van der Waals surface area contributed by atoms with E-state index in [0.29, 0.717) is 4.17 Å². The van der Waals surface area contributed by atoms with Crippen molar-refractivity contribution in [3.8, 4) is 0 Å². The van der Waals surface area contributed by atoms with Gasteiger partial charge in [-0.1, -0.05) is 0 Å². The van der Waals surface area contributed by atoms with Crippen molar-refractivity contribution in [1.29, 1.82) is 0 Å². The Labute approximate surface area is 76.5 Å². The van der Waals surface area contributed by atoms with Crippen LogP contribution in [0.2, 0.25) is 0 Å². The Kier molecular flexibility index (Phi) is 2.24. The molecule has 0 saturated heterocycles. The molecule has 0 N–H and O–H groups in total. The van der Waals surface area contributed by atoms with E-state index in [1.54, 1.807) is 0 Å². The van der Waals surface area contributed by atoms with Gasteiger partial charge < -0.3 is 4.90 Å². The first kappa shape index (κ1) is 6.91. The van der Waals surface area contributed by atoms with Crippen molar-refractivity contribution in [3.05, 3.63) is 12.4 Å². The van der Waals surface area contributed by atoms with Gasteiger partial charge in [0.15, 0.2) is 4.17 Å². The summed E-state index contributed by atoms with van der Waals surface area (Å²) in [5, 5.41) is 0. The summed E-state index contributed by atoms with van der Waals surface area (Å²) in [4.78, 5) is 2.15. The summed E-state index contributed by atoms with van der Waals surface area (Å²) < 4.78 is 2.62. The molecule has 0 radical (unpaired) electrons. The molecule has 2 nitrogen and oxygen atoms in total. The molecule has 1 atom stereocenters. The van der Waals surface area contributed by atoms with Crippen LogP contribution >= 0.6 is 45.5 Å². The molecule has 4 heteroatoms. The third kappa shape index (κ3) is 1.20. The van der Waals surface area contributed by atoms with Crippen LogP contribution in [0.3, 0.4) is 0 Å². The number of alkyl halides is 1. The lowest BCUT2D eigenvalue weighted by Gasteiger charge is -2.18. The van der Waals surface area contributed by atoms with Crippen LogP contribution in [-0.2, 0) is 0 Å². The Bertz CT molecular complexity index is 103. The van der Waals surface area contributed by atoms with E-state index < -0.39 is 0 Å². The Morgan fingerprint density at radius 1 is 1.50 bits per heavy atom. The number of hydrogen-bond acceptors (Lipinski definition) is 2. The summed E-state index contributed by atoms with van der Waals surface area (Å²) in [6.45, 7) is 0. The summed E-state index contributed by atoms with van der Waals surface area (Å²) in [5.74, 6) is 0. The molecule has 1 unspecified atom stereocenters. The van der Waals surface area contributed by atoms with Gasteiger partial charge in [-0.05, 0) is 22.6 Å². The molecule has 0 saturated carbocycles. The first-order chi connectivity index (χ1) is 3.72. The predicted molar refractivity (Wildman–Crippen MR) is 50.6 cm³/mol. The van der Waals surface area contributed by atoms with Crippen LogP contribution in [0.1, 0.15) is 0 Å². The Morgan fingerprint density at radius 3 is 2.25 bits per heavy atom. The Morgan fingerprint density at radius 2 is 2.12 bits per heavy atom. The van der Waals surface area contributed by atoms with Crippen LogP contribution < -0.4 is 0 Å². The monoisotopic (exact) mass is 336 g/mol. The first-order valence-electron chi connectivity index (χ1n) is 2.20. The van der Waals surface area contributed by atoms with E-state index in [4.69, 9.17) is 0 Å². The zero-order chi connectivity index (χ0) is 6.15. The van der Waals surface area contributed by atoms with Crippen LogP contribution in [0, 0.1) is 0 Å². The van der Waals surface area contributed by atoms with Gasteiger partial charge in [-0.3, -0.25) is 3.11 Å². The van der Waals surface area contributed by atoms with Crippen molar-refractivity contribution in [2.24, 2.45) is 0 Å². The lowest BCUT2D eigenvalue weighted by atomic mass is 10.9. The maximum absolute atomic E-state index is 2.37. The van der Waals surface area contributed by atoms with Crippen molar-refractivity contribution < 1.29 is 0 Å². The van der Waals surface area contributed by atoms with E-state index in [0.717, 1.165) is 0 Å². The lowest BCUT2D eigenvalue weighted by Crippen LogP contribution is -2.23. The Hall–Kier alpha value is 0.800. The van der Waals surface area contributed by atoms with Crippen LogP contribution in [0.5, 0.6) is 0 Å². The summed E-state index contributed by atoms with van der Waals surface area (Å²) in [7, 11) is 2.06. The van der Waals surface area contributed by atoms with E-state index >= 15 is 0 Å². The normalized spacial score (nSPS) is 27.6. The van der Waals surface area contributed by atoms with Gasteiger partial charge in [0.25, 0.3) is 0 Å². The molecule has 0 aliphatic carbocycles. The van der Waals surface area contributed by atoms with Gasteiger partial charge in [-0.25, -0.2) is 0 Å². The quantitative estimate of drug-likeness (QED) is 0.288. The average molecular weight is 336 g/mol. The average Bonchev–Trinajstić information content (AvgIpc) is 1.98. The molecule has 0 spiro atoms. The van der Waals surface area contributed by atoms with Crippen molar-refractivity contribution in [3.63, 3.8) is 0 Å². The second-order valence-electron chi connectivity index (χ2n) is 1.62. The smallest absolute Gasteiger partial charge is 0.162 e. The highest BCUT2D eigenvalue weighted by molar-refractivity contribution is 14.1. The second kappa shape index (κ2) is 2.59. The number of halogens is 2. The molecule has 0 amide bonds. The van der Waals surface area contributed by atoms with Gasteiger partial charge in [0, 0.05) is 19.4 Å².